The van der Waals surface area contributed by atoms with E-state index < -0.39 is 0 Å². The Balaban J connectivity index is 2.09. The molecule has 0 N–H and O–H groups in total. The van der Waals surface area contributed by atoms with E-state index in [-0.39, 0.29) is 0 Å². The molecule has 1 aromatic carbocycles. The predicted molar refractivity (Wildman–Crippen MR) is 71.8 cm³/mol. The molecule has 3 rings (SSSR count). The zero-order chi connectivity index (χ0) is 13.2. The third kappa shape index (κ3) is 2.30. The molecule has 3 aromatic rings. The van der Waals surface area contributed by atoms with Gasteiger partial charge >= 0.3 is 0 Å². The van der Waals surface area contributed by atoms with Gasteiger partial charge in [0.15, 0.2) is 0 Å². The van der Waals surface area contributed by atoms with Crippen LogP contribution in [0, 0.1) is 18.3 Å². The van der Waals surface area contributed by atoms with E-state index in [1.807, 2.05) is 37.3 Å². The van der Waals surface area contributed by atoms with Gasteiger partial charge in [-0.05, 0) is 30.8 Å². The number of oxazole rings is 1. The smallest absolute Gasteiger partial charge is 0.262 e. The highest BCUT2D eigenvalue weighted by atomic mass is 32.2. The van der Waals surface area contributed by atoms with Gasteiger partial charge in [0, 0.05) is 5.39 Å². The predicted octanol–water partition coefficient (Wildman–Crippen LogP) is 3.55. The molecule has 0 bridgehead atoms. The van der Waals surface area contributed by atoms with E-state index >= 15 is 0 Å². The maximum atomic E-state index is 9.21. The fraction of sp³-hybridized carbons (Fsp3) is 0.0714. The number of hydrogen-bond donors (Lipinski definition) is 0. The van der Waals surface area contributed by atoms with Crippen molar-refractivity contribution >= 4 is 22.7 Å². The normalized spacial score (nSPS) is 10.5. The standard InChI is InChI=1S/C14H9N3OS/c1-9-8-18-14(16-9)19-13-11(7-15)6-10-4-2-3-5-12(10)17-13/h2-6,8H,1H3. The summed E-state index contributed by atoms with van der Waals surface area (Å²) in [5.74, 6) is 0. The zero-order valence-electron chi connectivity index (χ0n) is 10.1. The maximum Gasteiger partial charge on any atom is 0.262 e. The van der Waals surface area contributed by atoms with Crippen molar-refractivity contribution in [1.82, 2.24) is 9.97 Å². The van der Waals surface area contributed by atoms with Crippen LogP contribution in [0.3, 0.4) is 0 Å². The Morgan fingerprint density at radius 3 is 2.84 bits per heavy atom. The van der Waals surface area contributed by atoms with Crippen LogP contribution in [0.4, 0.5) is 0 Å². The Morgan fingerprint density at radius 1 is 1.26 bits per heavy atom. The largest absolute Gasteiger partial charge is 0.439 e. The summed E-state index contributed by atoms with van der Waals surface area (Å²) in [7, 11) is 0. The van der Waals surface area contributed by atoms with Crippen molar-refractivity contribution in [3.63, 3.8) is 0 Å². The van der Waals surface area contributed by atoms with Crippen molar-refractivity contribution in [2.75, 3.05) is 0 Å². The third-order valence-corrected chi connectivity index (χ3v) is 3.46. The summed E-state index contributed by atoms with van der Waals surface area (Å²) in [5.41, 5.74) is 2.19. The first-order chi connectivity index (χ1) is 9.26. The molecule has 5 heteroatoms. The Morgan fingerprint density at radius 2 is 2.11 bits per heavy atom. The lowest BCUT2D eigenvalue weighted by molar-refractivity contribution is 0.454. The van der Waals surface area contributed by atoms with Gasteiger partial charge in [0.2, 0.25) is 0 Å². The number of aromatic nitrogens is 2. The molecule has 4 nitrogen and oxygen atoms in total. The minimum absolute atomic E-state index is 0.497. The molecule has 92 valence electrons. The summed E-state index contributed by atoms with van der Waals surface area (Å²) >= 11 is 1.26. The van der Waals surface area contributed by atoms with Crippen LogP contribution in [0.25, 0.3) is 10.9 Å². The van der Waals surface area contributed by atoms with Crippen LogP contribution in [-0.2, 0) is 0 Å². The number of para-hydroxylation sites is 1. The summed E-state index contributed by atoms with van der Waals surface area (Å²) in [6.45, 7) is 1.85. The van der Waals surface area contributed by atoms with Gasteiger partial charge in [-0.25, -0.2) is 9.97 Å². The highest BCUT2D eigenvalue weighted by molar-refractivity contribution is 7.99. The van der Waals surface area contributed by atoms with Crippen molar-refractivity contribution in [3.05, 3.63) is 47.9 Å². The Kier molecular flexibility index (Phi) is 2.94. The zero-order valence-corrected chi connectivity index (χ0v) is 10.9. The molecule has 0 aliphatic rings. The second kappa shape index (κ2) is 4.75. The number of fused-ring (bicyclic) bond motifs is 1. The van der Waals surface area contributed by atoms with Gasteiger partial charge < -0.3 is 4.42 Å². The fourth-order valence-electron chi connectivity index (χ4n) is 1.72. The van der Waals surface area contributed by atoms with Crippen LogP contribution >= 0.6 is 11.8 Å². The number of nitriles is 1. The minimum atomic E-state index is 0.497. The Hall–Kier alpha value is -2.32. The average Bonchev–Trinajstić information content (AvgIpc) is 2.83. The summed E-state index contributed by atoms with van der Waals surface area (Å²) in [6, 6.07) is 11.7. The number of pyridine rings is 1. The summed E-state index contributed by atoms with van der Waals surface area (Å²) in [5, 5.41) is 11.3. The molecule has 0 atom stereocenters. The molecule has 2 aromatic heterocycles. The first-order valence-corrected chi connectivity index (χ1v) is 6.48. The molecule has 0 unspecified atom stereocenters. The van der Waals surface area contributed by atoms with Crippen LogP contribution in [0.1, 0.15) is 11.3 Å². The van der Waals surface area contributed by atoms with E-state index in [4.69, 9.17) is 4.42 Å². The van der Waals surface area contributed by atoms with E-state index in [1.54, 1.807) is 6.26 Å². The fourth-order valence-corrected chi connectivity index (χ4v) is 2.53. The lowest BCUT2D eigenvalue weighted by Gasteiger charge is -2.02. The molecule has 0 aliphatic heterocycles. The first-order valence-electron chi connectivity index (χ1n) is 5.66. The van der Waals surface area contributed by atoms with Gasteiger partial charge in [-0.2, -0.15) is 5.26 Å². The van der Waals surface area contributed by atoms with Crippen molar-refractivity contribution in [1.29, 1.82) is 5.26 Å². The lowest BCUT2D eigenvalue weighted by Crippen LogP contribution is -1.89. The Labute approximate surface area is 114 Å². The van der Waals surface area contributed by atoms with E-state index in [1.165, 1.54) is 11.8 Å². The Bertz CT molecular complexity index is 789. The van der Waals surface area contributed by atoms with Crippen LogP contribution < -0.4 is 0 Å². The molecular formula is C14H9N3OS. The monoisotopic (exact) mass is 267 g/mol. The second-order valence-electron chi connectivity index (χ2n) is 4.00. The molecule has 0 aliphatic carbocycles. The van der Waals surface area contributed by atoms with E-state index in [2.05, 4.69) is 16.0 Å². The van der Waals surface area contributed by atoms with Crippen molar-refractivity contribution in [3.8, 4) is 6.07 Å². The van der Waals surface area contributed by atoms with Crippen molar-refractivity contribution in [2.45, 2.75) is 17.2 Å². The number of benzene rings is 1. The van der Waals surface area contributed by atoms with Gasteiger partial charge in [-0.1, -0.05) is 18.2 Å². The highest BCUT2D eigenvalue weighted by Crippen LogP contribution is 2.30. The highest BCUT2D eigenvalue weighted by Gasteiger charge is 2.11. The number of hydrogen-bond acceptors (Lipinski definition) is 5. The SMILES string of the molecule is Cc1coc(Sc2nc3ccccc3cc2C#N)n1. The molecule has 0 amide bonds. The molecule has 0 saturated heterocycles. The van der Waals surface area contributed by atoms with E-state index in [9.17, 15) is 5.26 Å². The third-order valence-electron chi connectivity index (χ3n) is 2.59. The van der Waals surface area contributed by atoms with Crippen molar-refractivity contribution < 1.29 is 4.42 Å². The molecule has 0 spiro atoms. The molecular weight excluding hydrogens is 258 g/mol. The van der Waals surface area contributed by atoms with Gasteiger partial charge in [0.1, 0.15) is 17.4 Å². The number of aryl methyl sites for hydroxylation is 1. The van der Waals surface area contributed by atoms with E-state index in [0.29, 0.717) is 15.8 Å². The van der Waals surface area contributed by atoms with Gasteiger partial charge in [-0.15, -0.1) is 0 Å². The summed E-state index contributed by atoms with van der Waals surface area (Å²) in [6.07, 6.45) is 1.58. The maximum absolute atomic E-state index is 9.21. The van der Waals surface area contributed by atoms with Crippen LogP contribution in [0.5, 0.6) is 0 Å². The number of nitrogens with zero attached hydrogens (tertiary/aromatic N) is 3. The minimum Gasteiger partial charge on any atom is -0.439 e. The van der Waals surface area contributed by atoms with E-state index in [0.717, 1.165) is 16.6 Å². The van der Waals surface area contributed by atoms with Crippen molar-refractivity contribution in [2.24, 2.45) is 0 Å². The first kappa shape index (κ1) is 11.8. The van der Waals surface area contributed by atoms with Crippen LogP contribution in [0.15, 0.2) is 51.3 Å². The number of rotatable bonds is 2. The summed E-state index contributed by atoms with van der Waals surface area (Å²) < 4.78 is 5.28. The lowest BCUT2D eigenvalue weighted by atomic mass is 10.2. The quantitative estimate of drug-likeness (QED) is 0.710. The average molecular weight is 267 g/mol. The molecule has 0 fully saturated rings. The van der Waals surface area contributed by atoms with Gasteiger partial charge in [0.25, 0.3) is 5.22 Å². The topological polar surface area (TPSA) is 62.7 Å². The second-order valence-corrected chi connectivity index (χ2v) is 4.94. The van der Waals surface area contributed by atoms with Gasteiger partial charge in [-0.3, -0.25) is 0 Å². The van der Waals surface area contributed by atoms with Crippen LogP contribution in [-0.4, -0.2) is 9.97 Å². The molecule has 0 saturated carbocycles. The molecule has 0 radical (unpaired) electrons. The van der Waals surface area contributed by atoms with Gasteiger partial charge in [0.05, 0.1) is 16.8 Å². The molecule has 19 heavy (non-hydrogen) atoms. The van der Waals surface area contributed by atoms with Crippen LogP contribution in [0.2, 0.25) is 0 Å². The molecule has 2 heterocycles. The summed E-state index contributed by atoms with van der Waals surface area (Å²) in [4.78, 5) is 8.70.